The van der Waals surface area contributed by atoms with Crippen molar-refractivity contribution in [1.29, 1.82) is 0 Å². The number of carbonyl (C=O) groups excluding carboxylic acids is 1. The largest absolute Gasteiger partial charge is 0.452 e. The SMILES string of the molecule is CC(CCN)CCC(=O)N(C)Cc1ccc(Br)o1. The lowest BCUT2D eigenvalue weighted by molar-refractivity contribution is -0.130. The third-order valence-electron chi connectivity index (χ3n) is 2.96. The molecule has 0 aliphatic rings. The first-order chi connectivity index (χ1) is 8.52. The van der Waals surface area contributed by atoms with E-state index < -0.39 is 0 Å². The quantitative estimate of drug-likeness (QED) is 0.841. The van der Waals surface area contributed by atoms with Gasteiger partial charge >= 0.3 is 0 Å². The standard InChI is InChI=1S/C13H21BrN2O2/c1-10(7-8-15)3-6-13(17)16(2)9-11-4-5-12(14)18-11/h4-5,10H,3,6-9,15H2,1-2H3. The summed E-state index contributed by atoms with van der Waals surface area (Å²) in [6.45, 7) is 3.32. The van der Waals surface area contributed by atoms with Crippen molar-refractivity contribution >= 4 is 21.8 Å². The Kier molecular flexibility index (Phi) is 6.43. The molecule has 5 heteroatoms. The third-order valence-corrected chi connectivity index (χ3v) is 3.38. The van der Waals surface area contributed by atoms with Crippen LogP contribution >= 0.6 is 15.9 Å². The molecule has 0 saturated carbocycles. The molecular formula is C13H21BrN2O2. The lowest BCUT2D eigenvalue weighted by Crippen LogP contribution is -2.26. The van der Waals surface area contributed by atoms with Crippen molar-refractivity contribution in [3.8, 4) is 0 Å². The molecule has 0 saturated heterocycles. The van der Waals surface area contributed by atoms with Crippen LogP contribution in [0.25, 0.3) is 0 Å². The van der Waals surface area contributed by atoms with Gasteiger partial charge in [-0.15, -0.1) is 0 Å². The Morgan fingerprint density at radius 3 is 2.78 bits per heavy atom. The highest BCUT2D eigenvalue weighted by Gasteiger charge is 2.12. The van der Waals surface area contributed by atoms with Gasteiger partial charge in [0.05, 0.1) is 6.54 Å². The number of hydrogen-bond donors (Lipinski definition) is 1. The summed E-state index contributed by atoms with van der Waals surface area (Å²) in [4.78, 5) is 13.6. The second kappa shape index (κ2) is 7.59. The van der Waals surface area contributed by atoms with Gasteiger partial charge in [0.15, 0.2) is 4.67 Å². The van der Waals surface area contributed by atoms with Crippen LogP contribution in [0.5, 0.6) is 0 Å². The molecule has 0 aliphatic heterocycles. The molecule has 1 aromatic rings. The Bertz CT molecular complexity index is 379. The van der Waals surface area contributed by atoms with E-state index in [9.17, 15) is 4.79 Å². The van der Waals surface area contributed by atoms with Gasteiger partial charge in [-0.25, -0.2) is 0 Å². The summed E-state index contributed by atoms with van der Waals surface area (Å²) in [5.74, 6) is 1.43. The minimum Gasteiger partial charge on any atom is -0.452 e. The van der Waals surface area contributed by atoms with Gasteiger partial charge in [-0.1, -0.05) is 6.92 Å². The van der Waals surface area contributed by atoms with E-state index in [1.165, 1.54) is 0 Å². The molecule has 1 aromatic heterocycles. The van der Waals surface area contributed by atoms with Gasteiger partial charge < -0.3 is 15.1 Å². The number of rotatable bonds is 7. The highest BCUT2D eigenvalue weighted by molar-refractivity contribution is 9.10. The number of hydrogen-bond acceptors (Lipinski definition) is 3. The zero-order valence-corrected chi connectivity index (χ0v) is 12.6. The van der Waals surface area contributed by atoms with Crippen LogP contribution in [0.1, 0.15) is 31.9 Å². The highest BCUT2D eigenvalue weighted by Crippen LogP contribution is 2.16. The number of furan rings is 1. The average Bonchev–Trinajstić information content (AvgIpc) is 2.72. The second-order valence-electron chi connectivity index (χ2n) is 4.68. The first-order valence-electron chi connectivity index (χ1n) is 6.21. The van der Waals surface area contributed by atoms with Crippen LogP contribution in [-0.2, 0) is 11.3 Å². The normalized spacial score (nSPS) is 12.4. The van der Waals surface area contributed by atoms with Crippen LogP contribution in [0.15, 0.2) is 21.2 Å². The Morgan fingerprint density at radius 1 is 1.50 bits per heavy atom. The molecule has 1 rings (SSSR count). The van der Waals surface area contributed by atoms with Gasteiger partial charge in [0, 0.05) is 13.5 Å². The maximum absolute atomic E-state index is 11.9. The second-order valence-corrected chi connectivity index (χ2v) is 5.46. The number of nitrogens with zero attached hydrogens (tertiary/aromatic N) is 1. The van der Waals surface area contributed by atoms with E-state index in [0.717, 1.165) is 18.6 Å². The van der Waals surface area contributed by atoms with Crippen LogP contribution in [0.2, 0.25) is 0 Å². The molecule has 0 bridgehead atoms. The van der Waals surface area contributed by atoms with E-state index in [0.29, 0.717) is 30.1 Å². The maximum Gasteiger partial charge on any atom is 0.222 e. The maximum atomic E-state index is 11.9. The Hall–Kier alpha value is -0.810. The molecule has 0 spiro atoms. The fourth-order valence-corrected chi connectivity index (χ4v) is 2.09. The van der Waals surface area contributed by atoms with Crippen LogP contribution in [0.4, 0.5) is 0 Å². The first kappa shape index (κ1) is 15.2. The Balaban J connectivity index is 2.33. The molecule has 0 radical (unpaired) electrons. The Morgan fingerprint density at radius 2 is 2.22 bits per heavy atom. The molecule has 1 unspecified atom stereocenters. The van der Waals surface area contributed by atoms with Gasteiger partial charge in [0.1, 0.15) is 5.76 Å². The smallest absolute Gasteiger partial charge is 0.222 e. The number of amides is 1. The summed E-state index contributed by atoms with van der Waals surface area (Å²) in [5.41, 5.74) is 5.49. The molecule has 102 valence electrons. The lowest BCUT2D eigenvalue weighted by Gasteiger charge is -2.17. The lowest BCUT2D eigenvalue weighted by atomic mass is 10.0. The zero-order chi connectivity index (χ0) is 13.5. The molecule has 18 heavy (non-hydrogen) atoms. The van der Waals surface area contributed by atoms with E-state index in [-0.39, 0.29) is 5.91 Å². The summed E-state index contributed by atoms with van der Waals surface area (Å²) >= 11 is 3.24. The van der Waals surface area contributed by atoms with Crippen molar-refractivity contribution in [2.24, 2.45) is 11.7 Å². The van der Waals surface area contributed by atoms with E-state index in [1.54, 1.807) is 11.9 Å². The van der Waals surface area contributed by atoms with Crippen molar-refractivity contribution in [1.82, 2.24) is 4.90 Å². The summed E-state index contributed by atoms with van der Waals surface area (Å²) in [6, 6.07) is 3.70. The molecule has 1 heterocycles. The Labute approximate surface area is 117 Å². The molecule has 1 atom stereocenters. The summed E-state index contributed by atoms with van der Waals surface area (Å²) in [6.07, 6.45) is 2.43. The van der Waals surface area contributed by atoms with Crippen LogP contribution in [0.3, 0.4) is 0 Å². The third kappa shape index (κ3) is 5.23. The van der Waals surface area contributed by atoms with Crippen LogP contribution in [0, 0.1) is 5.92 Å². The van der Waals surface area contributed by atoms with Gasteiger partial charge in [-0.05, 0) is 53.4 Å². The van der Waals surface area contributed by atoms with E-state index in [2.05, 4.69) is 22.9 Å². The molecule has 4 nitrogen and oxygen atoms in total. The van der Waals surface area contributed by atoms with Crippen molar-refractivity contribution in [3.63, 3.8) is 0 Å². The predicted octanol–water partition coefficient (Wildman–Crippen LogP) is 2.77. The number of nitrogens with two attached hydrogens (primary N) is 1. The summed E-state index contributed by atoms with van der Waals surface area (Å²) in [5, 5.41) is 0. The zero-order valence-electron chi connectivity index (χ0n) is 11.0. The summed E-state index contributed by atoms with van der Waals surface area (Å²) < 4.78 is 6.06. The predicted molar refractivity (Wildman–Crippen MR) is 75.0 cm³/mol. The van der Waals surface area contributed by atoms with Crippen molar-refractivity contribution in [3.05, 3.63) is 22.6 Å². The van der Waals surface area contributed by atoms with Crippen LogP contribution in [-0.4, -0.2) is 24.4 Å². The minimum absolute atomic E-state index is 0.145. The van der Waals surface area contributed by atoms with Crippen molar-refractivity contribution in [2.75, 3.05) is 13.6 Å². The molecule has 0 aliphatic carbocycles. The molecule has 0 aromatic carbocycles. The fraction of sp³-hybridized carbons (Fsp3) is 0.615. The molecular weight excluding hydrogens is 296 g/mol. The first-order valence-corrected chi connectivity index (χ1v) is 7.00. The van der Waals surface area contributed by atoms with E-state index in [1.807, 2.05) is 12.1 Å². The molecule has 0 fully saturated rings. The van der Waals surface area contributed by atoms with E-state index >= 15 is 0 Å². The summed E-state index contributed by atoms with van der Waals surface area (Å²) in [7, 11) is 1.80. The topological polar surface area (TPSA) is 59.5 Å². The highest BCUT2D eigenvalue weighted by atomic mass is 79.9. The van der Waals surface area contributed by atoms with Gasteiger partial charge in [-0.3, -0.25) is 4.79 Å². The van der Waals surface area contributed by atoms with Gasteiger partial charge in [0.2, 0.25) is 5.91 Å². The van der Waals surface area contributed by atoms with E-state index in [4.69, 9.17) is 10.2 Å². The number of halogens is 1. The molecule has 2 N–H and O–H groups in total. The minimum atomic E-state index is 0.145. The van der Waals surface area contributed by atoms with Gasteiger partial charge in [0.25, 0.3) is 0 Å². The van der Waals surface area contributed by atoms with Crippen LogP contribution < -0.4 is 5.73 Å². The van der Waals surface area contributed by atoms with Gasteiger partial charge in [-0.2, -0.15) is 0 Å². The van der Waals surface area contributed by atoms with Crippen molar-refractivity contribution in [2.45, 2.75) is 32.7 Å². The van der Waals surface area contributed by atoms with Crippen molar-refractivity contribution < 1.29 is 9.21 Å². The monoisotopic (exact) mass is 316 g/mol. The average molecular weight is 317 g/mol. The molecule has 1 amide bonds. The number of carbonyl (C=O) groups is 1. The fourth-order valence-electron chi connectivity index (χ4n) is 1.75.